The SMILES string of the molecule is CC1(C)[C@@H]2CC[C@H](C2)[C@H]1C[C@H]1OC[C@H](C[N+]2(Cc3ccccc3)CCCCC2)O1. The molecule has 0 unspecified atom stereocenters. The average molecular weight is 399 g/mol. The summed E-state index contributed by atoms with van der Waals surface area (Å²) in [6, 6.07) is 11.1. The fraction of sp³-hybridized carbons (Fsp3) is 0.769. The lowest BCUT2D eigenvalue weighted by atomic mass is 9.67. The summed E-state index contributed by atoms with van der Waals surface area (Å²) in [4.78, 5) is 0. The van der Waals surface area contributed by atoms with Gasteiger partial charge in [0, 0.05) is 12.0 Å². The molecule has 4 fully saturated rings. The predicted molar refractivity (Wildman–Crippen MR) is 116 cm³/mol. The molecule has 2 saturated heterocycles. The Hall–Kier alpha value is -0.900. The summed E-state index contributed by atoms with van der Waals surface area (Å²) in [5.41, 5.74) is 1.94. The van der Waals surface area contributed by atoms with Gasteiger partial charge in [0.1, 0.15) is 19.2 Å². The van der Waals surface area contributed by atoms with Crippen LogP contribution < -0.4 is 0 Å². The maximum absolute atomic E-state index is 6.55. The van der Waals surface area contributed by atoms with Crippen LogP contribution in [-0.2, 0) is 16.0 Å². The Balaban J connectivity index is 1.21. The molecular weight excluding hydrogens is 358 g/mol. The van der Waals surface area contributed by atoms with E-state index in [4.69, 9.17) is 9.47 Å². The minimum atomic E-state index is 0.0326. The second-order valence-corrected chi connectivity index (χ2v) is 11.1. The molecule has 4 aliphatic rings. The molecule has 0 amide bonds. The molecule has 0 aromatic heterocycles. The first-order chi connectivity index (χ1) is 14.0. The monoisotopic (exact) mass is 398 g/mol. The highest BCUT2D eigenvalue weighted by atomic mass is 16.7. The van der Waals surface area contributed by atoms with Crippen LogP contribution in [0.5, 0.6) is 0 Å². The Labute approximate surface area is 177 Å². The largest absolute Gasteiger partial charge is 0.350 e. The van der Waals surface area contributed by atoms with Crippen molar-refractivity contribution >= 4 is 0 Å². The second kappa shape index (κ2) is 7.98. The number of ether oxygens (including phenoxy) is 2. The fourth-order valence-corrected chi connectivity index (χ4v) is 7.39. The van der Waals surface area contributed by atoms with E-state index in [0.717, 1.165) is 43.9 Å². The number of quaternary nitrogens is 1. The summed E-state index contributed by atoms with van der Waals surface area (Å²) in [6.07, 6.45) is 9.84. The highest BCUT2D eigenvalue weighted by molar-refractivity contribution is 5.13. The summed E-state index contributed by atoms with van der Waals surface area (Å²) in [6.45, 7) is 10.6. The van der Waals surface area contributed by atoms with Gasteiger partial charge in [-0.2, -0.15) is 0 Å². The van der Waals surface area contributed by atoms with Crippen molar-refractivity contribution in [3.05, 3.63) is 35.9 Å². The standard InChI is InChI=1S/C26H40NO2/c1-26(2)22-12-11-21(15-22)24(26)16-25-28-19-23(29-25)18-27(13-7-4-8-14-27)17-20-9-5-3-6-10-20/h3,5-6,9-10,21-25H,4,7-8,11-19H2,1-2H3/q+1/t21-,22-,23+,24-,25+/m1/s1. The smallest absolute Gasteiger partial charge is 0.158 e. The summed E-state index contributed by atoms with van der Waals surface area (Å²) in [7, 11) is 0. The summed E-state index contributed by atoms with van der Waals surface area (Å²) in [5, 5.41) is 0. The lowest BCUT2D eigenvalue weighted by Gasteiger charge is -2.43. The molecule has 3 nitrogen and oxygen atoms in total. The minimum Gasteiger partial charge on any atom is -0.350 e. The van der Waals surface area contributed by atoms with Crippen LogP contribution in [0, 0.1) is 23.2 Å². The van der Waals surface area contributed by atoms with Gasteiger partial charge in [-0.1, -0.05) is 44.2 Å². The van der Waals surface area contributed by atoms with Gasteiger partial charge in [-0.25, -0.2) is 0 Å². The Bertz CT molecular complexity index is 681. The van der Waals surface area contributed by atoms with Crippen LogP contribution in [0.15, 0.2) is 30.3 Å². The topological polar surface area (TPSA) is 18.5 Å². The molecule has 0 N–H and O–H groups in total. The third kappa shape index (κ3) is 4.03. The number of fused-ring (bicyclic) bond motifs is 2. The average Bonchev–Trinajstić information content (AvgIpc) is 3.41. The summed E-state index contributed by atoms with van der Waals surface area (Å²) >= 11 is 0. The molecule has 5 rings (SSSR count). The van der Waals surface area contributed by atoms with Crippen LogP contribution in [0.4, 0.5) is 0 Å². The molecule has 0 radical (unpaired) electrons. The molecule has 2 bridgehead atoms. The summed E-state index contributed by atoms with van der Waals surface area (Å²) < 4.78 is 14.0. The van der Waals surface area contributed by atoms with Gasteiger partial charge in [-0.15, -0.1) is 0 Å². The van der Waals surface area contributed by atoms with E-state index in [1.165, 1.54) is 61.7 Å². The van der Waals surface area contributed by atoms with E-state index in [1.54, 1.807) is 0 Å². The first-order valence-corrected chi connectivity index (χ1v) is 12.2. The molecule has 2 aliphatic heterocycles. The second-order valence-electron chi connectivity index (χ2n) is 11.1. The molecule has 29 heavy (non-hydrogen) atoms. The molecule has 2 saturated carbocycles. The fourth-order valence-electron chi connectivity index (χ4n) is 7.39. The van der Waals surface area contributed by atoms with E-state index in [1.807, 2.05) is 0 Å². The van der Waals surface area contributed by atoms with Crippen molar-refractivity contribution < 1.29 is 14.0 Å². The molecule has 2 aliphatic carbocycles. The number of benzene rings is 1. The van der Waals surface area contributed by atoms with Crippen molar-refractivity contribution in [1.82, 2.24) is 0 Å². The first kappa shape index (κ1) is 20.0. The molecular formula is C26H40NO2+. The van der Waals surface area contributed by atoms with E-state index in [0.29, 0.717) is 5.41 Å². The van der Waals surface area contributed by atoms with Crippen LogP contribution in [0.1, 0.15) is 64.4 Å². The third-order valence-corrected chi connectivity index (χ3v) is 9.03. The van der Waals surface area contributed by atoms with E-state index in [9.17, 15) is 0 Å². The van der Waals surface area contributed by atoms with Crippen LogP contribution in [0.3, 0.4) is 0 Å². The molecule has 1 aromatic carbocycles. The number of likely N-dealkylation sites (tertiary alicyclic amines) is 1. The van der Waals surface area contributed by atoms with E-state index < -0.39 is 0 Å². The zero-order valence-corrected chi connectivity index (χ0v) is 18.5. The van der Waals surface area contributed by atoms with Gasteiger partial charge in [0.2, 0.25) is 0 Å². The van der Waals surface area contributed by atoms with Gasteiger partial charge < -0.3 is 14.0 Å². The third-order valence-electron chi connectivity index (χ3n) is 9.03. The Kier molecular flexibility index (Phi) is 5.51. The van der Waals surface area contributed by atoms with Crippen LogP contribution in [0.25, 0.3) is 0 Å². The predicted octanol–water partition coefficient (Wildman–Crippen LogP) is 5.39. The Morgan fingerprint density at radius 2 is 1.83 bits per heavy atom. The Morgan fingerprint density at radius 3 is 2.55 bits per heavy atom. The van der Waals surface area contributed by atoms with Crippen molar-refractivity contribution in [1.29, 1.82) is 0 Å². The van der Waals surface area contributed by atoms with Gasteiger partial charge in [0.05, 0.1) is 19.7 Å². The van der Waals surface area contributed by atoms with E-state index in [2.05, 4.69) is 44.2 Å². The van der Waals surface area contributed by atoms with Gasteiger partial charge in [0.25, 0.3) is 0 Å². The highest BCUT2D eigenvalue weighted by Crippen LogP contribution is 2.60. The van der Waals surface area contributed by atoms with E-state index in [-0.39, 0.29) is 12.4 Å². The quantitative estimate of drug-likeness (QED) is 0.598. The molecule has 2 heterocycles. The van der Waals surface area contributed by atoms with Crippen molar-refractivity contribution in [3.63, 3.8) is 0 Å². The van der Waals surface area contributed by atoms with Crippen molar-refractivity contribution in [2.24, 2.45) is 23.2 Å². The van der Waals surface area contributed by atoms with Gasteiger partial charge in [-0.3, -0.25) is 0 Å². The number of nitrogens with zero attached hydrogens (tertiary/aromatic N) is 1. The number of hydrogen-bond donors (Lipinski definition) is 0. The normalized spacial score (nSPS) is 37.8. The Morgan fingerprint density at radius 1 is 1.03 bits per heavy atom. The van der Waals surface area contributed by atoms with Crippen molar-refractivity contribution in [2.45, 2.75) is 77.7 Å². The number of rotatable bonds is 6. The maximum atomic E-state index is 6.55. The van der Waals surface area contributed by atoms with Crippen LogP contribution >= 0.6 is 0 Å². The van der Waals surface area contributed by atoms with Crippen molar-refractivity contribution in [3.8, 4) is 0 Å². The lowest BCUT2D eigenvalue weighted by molar-refractivity contribution is -0.947. The highest BCUT2D eigenvalue weighted by Gasteiger charge is 2.53. The van der Waals surface area contributed by atoms with Crippen molar-refractivity contribution in [2.75, 3.05) is 26.2 Å². The zero-order valence-electron chi connectivity index (χ0n) is 18.5. The van der Waals surface area contributed by atoms with Gasteiger partial charge in [0.15, 0.2) is 6.29 Å². The molecule has 5 atom stereocenters. The molecule has 3 heteroatoms. The summed E-state index contributed by atoms with van der Waals surface area (Å²) in [5.74, 6) is 2.63. The van der Waals surface area contributed by atoms with Crippen LogP contribution in [0.2, 0.25) is 0 Å². The number of hydrogen-bond acceptors (Lipinski definition) is 2. The minimum absolute atomic E-state index is 0.0326. The van der Waals surface area contributed by atoms with E-state index >= 15 is 0 Å². The van der Waals surface area contributed by atoms with Crippen LogP contribution in [-0.4, -0.2) is 43.1 Å². The number of piperidine rings is 1. The lowest BCUT2D eigenvalue weighted by Crippen LogP contribution is -2.54. The van der Waals surface area contributed by atoms with Gasteiger partial charge >= 0.3 is 0 Å². The van der Waals surface area contributed by atoms with Gasteiger partial charge in [-0.05, 0) is 61.7 Å². The molecule has 0 spiro atoms. The zero-order chi connectivity index (χ0) is 19.9. The maximum Gasteiger partial charge on any atom is 0.158 e. The molecule has 1 aromatic rings. The molecule has 160 valence electrons. The first-order valence-electron chi connectivity index (χ1n) is 12.2.